The third kappa shape index (κ3) is 3.71. The maximum atomic E-state index is 11.7. The van der Waals surface area contributed by atoms with Crippen molar-refractivity contribution in [1.82, 2.24) is 25.0 Å². The molecule has 0 spiro atoms. The van der Waals surface area contributed by atoms with E-state index in [0.717, 1.165) is 0 Å². The van der Waals surface area contributed by atoms with Crippen LogP contribution in [0.1, 0.15) is 6.92 Å². The van der Waals surface area contributed by atoms with Crippen molar-refractivity contribution < 1.29 is 8.42 Å². The molecule has 0 saturated carbocycles. The SMILES string of the molecule is CNC(C)CNS(=O)(=O)c1cnnn1C.Cl. The largest absolute Gasteiger partial charge is 0.316 e. The maximum Gasteiger partial charge on any atom is 0.259 e. The Balaban J connectivity index is 0.00000225. The molecular weight excluding hydrogens is 254 g/mol. The average Bonchev–Trinajstić information content (AvgIpc) is 2.61. The van der Waals surface area contributed by atoms with Gasteiger partial charge in [-0.05, 0) is 14.0 Å². The molecule has 94 valence electrons. The number of aromatic nitrogens is 3. The topological polar surface area (TPSA) is 88.9 Å². The van der Waals surface area contributed by atoms with Gasteiger partial charge in [0.2, 0.25) is 0 Å². The van der Waals surface area contributed by atoms with Crippen LogP contribution in [0.3, 0.4) is 0 Å². The van der Waals surface area contributed by atoms with E-state index in [4.69, 9.17) is 0 Å². The molecule has 16 heavy (non-hydrogen) atoms. The van der Waals surface area contributed by atoms with Crippen molar-refractivity contribution in [3.63, 3.8) is 0 Å². The van der Waals surface area contributed by atoms with Crippen LogP contribution < -0.4 is 10.0 Å². The van der Waals surface area contributed by atoms with E-state index in [1.165, 1.54) is 17.9 Å². The minimum absolute atomic E-state index is 0. The van der Waals surface area contributed by atoms with Crippen molar-refractivity contribution in [3.05, 3.63) is 6.20 Å². The number of nitrogens with zero attached hydrogens (tertiary/aromatic N) is 3. The van der Waals surface area contributed by atoms with E-state index < -0.39 is 10.0 Å². The molecule has 7 nitrogen and oxygen atoms in total. The maximum absolute atomic E-state index is 11.7. The first kappa shape index (κ1) is 15.3. The first-order chi connectivity index (χ1) is 6.97. The zero-order valence-corrected chi connectivity index (χ0v) is 11.0. The van der Waals surface area contributed by atoms with Gasteiger partial charge in [-0.3, -0.25) is 0 Å². The van der Waals surface area contributed by atoms with Crippen LogP contribution >= 0.6 is 12.4 Å². The van der Waals surface area contributed by atoms with Gasteiger partial charge in [0.15, 0.2) is 5.03 Å². The fourth-order valence-corrected chi connectivity index (χ4v) is 2.12. The second kappa shape index (κ2) is 6.14. The Morgan fingerprint density at radius 2 is 2.19 bits per heavy atom. The fraction of sp³-hybridized carbons (Fsp3) is 0.714. The van der Waals surface area contributed by atoms with Gasteiger partial charge in [0, 0.05) is 19.6 Å². The molecule has 1 aromatic rings. The Kier molecular flexibility index (Phi) is 5.87. The standard InChI is InChI=1S/C7H15N5O2S.ClH/c1-6(8-2)4-10-15(13,14)7-5-9-11-12(7)3;/h5-6,8,10H,4H2,1-3H3;1H. The van der Waals surface area contributed by atoms with Crippen molar-refractivity contribution in [2.45, 2.75) is 18.0 Å². The predicted octanol–water partition coefficient (Wildman–Crippen LogP) is -0.877. The van der Waals surface area contributed by atoms with Gasteiger partial charge in [-0.1, -0.05) is 5.21 Å². The zero-order valence-electron chi connectivity index (χ0n) is 9.34. The molecule has 1 atom stereocenters. The summed E-state index contributed by atoms with van der Waals surface area (Å²) in [6.07, 6.45) is 1.21. The van der Waals surface area contributed by atoms with Gasteiger partial charge in [-0.2, -0.15) is 0 Å². The summed E-state index contributed by atoms with van der Waals surface area (Å²) < 4.78 is 27.1. The molecule has 9 heteroatoms. The molecule has 1 rings (SSSR count). The summed E-state index contributed by atoms with van der Waals surface area (Å²) in [4.78, 5) is 0. The first-order valence-corrected chi connectivity index (χ1v) is 5.97. The minimum atomic E-state index is -3.50. The third-order valence-electron chi connectivity index (χ3n) is 2.02. The van der Waals surface area contributed by atoms with Crippen molar-refractivity contribution in [2.75, 3.05) is 13.6 Å². The van der Waals surface area contributed by atoms with Gasteiger partial charge in [0.25, 0.3) is 10.0 Å². The lowest BCUT2D eigenvalue weighted by Gasteiger charge is -2.11. The second-order valence-electron chi connectivity index (χ2n) is 3.24. The summed E-state index contributed by atoms with van der Waals surface area (Å²) in [6, 6.07) is 0.0703. The summed E-state index contributed by atoms with van der Waals surface area (Å²) in [5.41, 5.74) is 0. The van der Waals surface area contributed by atoms with E-state index >= 15 is 0 Å². The van der Waals surface area contributed by atoms with Crippen LogP contribution in [0.15, 0.2) is 11.2 Å². The van der Waals surface area contributed by atoms with Crippen LogP contribution in [0.5, 0.6) is 0 Å². The second-order valence-corrected chi connectivity index (χ2v) is 4.95. The number of halogens is 1. The Morgan fingerprint density at radius 3 is 2.62 bits per heavy atom. The molecule has 0 aliphatic carbocycles. The molecule has 0 aliphatic heterocycles. The quantitative estimate of drug-likeness (QED) is 0.725. The molecular formula is C7H16ClN5O2S. The monoisotopic (exact) mass is 269 g/mol. The smallest absolute Gasteiger partial charge is 0.259 e. The highest BCUT2D eigenvalue weighted by atomic mass is 35.5. The summed E-state index contributed by atoms with van der Waals surface area (Å²) >= 11 is 0. The molecule has 0 amide bonds. The Bertz CT molecular complexity index is 418. The van der Waals surface area contributed by atoms with Crippen molar-refractivity contribution in [1.29, 1.82) is 0 Å². The van der Waals surface area contributed by atoms with Crippen LogP contribution in [0.25, 0.3) is 0 Å². The fourth-order valence-electron chi connectivity index (χ4n) is 0.934. The van der Waals surface area contributed by atoms with Gasteiger partial charge in [-0.15, -0.1) is 17.5 Å². The summed E-state index contributed by atoms with van der Waals surface area (Å²) in [6.45, 7) is 2.20. The summed E-state index contributed by atoms with van der Waals surface area (Å²) in [5, 5.41) is 10.1. The lowest BCUT2D eigenvalue weighted by Crippen LogP contribution is -2.37. The molecule has 0 aliphatic rings. The zero-order chi connectivity index (χ0) is 11.5. The average molecular weight is 270 g/mol. The normalized spacial score (nSPS) is 13.2. The molecule has 2 N–H and O–H groups in total. The van der Waals surface area contributed by atoms with Crippen molar-refractivity contribution in [3.8, 4) is 0 Å². The number of hydrogen-bond donors (Lipinski definition) is 2. The molecule has 0 saturated heterocycles. The van der Waals surface area contributed by atoms with Crippen LogP contribution in [0.2, 0.25) is 0 Å². The predicted molar refractivity (Wildman–Crippen MR) is 62.0 cm³/mol. The van der Waals surface area contributed by atoms with Crippen LogP contribution in [-0.2, 0) is 17.1 Å². The minimum Gasteiger partial charge on any atom is -0.316 e. The molecule has 1 unspecified atom stereocenters. The van der Waals surface area contributed by atoms with Crippen molar-refractivity contribution >= 4 is 22.4 Å². The Hall–Kier alpha value is -0.700. The van der Waals surface area contributed by atoms with Gasteiger partial charge in [-0.25, -0.2) is 17.8 Å². The third-order valence-corrected chi connectivity index (χ3v) is 3.49. The van der Waals surface area contributed by atoms with Crippen molar-refractivity contribution in [2.24, 2.45) is 7.05 Å². The highest BCUT2D eigenvalue weighted by Gasteiger charge is 2.18. The number of likely N-dealkylation sites (N-methyl/N-ethyl adjacent to an activating group) is 1. The molecule has 0 fully saturated rings. The number of nitrogens with one attached hydrogen (secondary N) is 2. The summed E-state index contributed by atoms with van der Waals surface area (Å²) in [7, 11) is -0.206. The molecule has 0 aromatic carbocycles. The first-order valence-electron chi connectivity index (χ1n) is 4.49. The van der Waals surface area contributed by atoms with Crippen LogP contribution in [0.4, 0.5) is 0 Å². The lowest BCUT2D eigenvalue weighted by atomic mass is 10.4. The van der Waals surface area contributed by atoms with E-state index in [1.807, 2.05) is 6.92 Å². The van der Waals surface area contributed by atoms with Gasteiger partial charge >= 0.3 is 0 Å². The van der Waals surface area contributed by atoms with Crippen LogP contribution in [0, 0.1) is 0 Å². The van der Waals surface area contributed by atoms with E-state index in [0.29, 0.717) is 6.54 Å². The van der Waals surface area contributed by atoms with E-state index in [-0.39, 0.29) is 23.5 Å². The Labute approximate surface area is 101 Å². The van der Waals surface area contributed by atoms with E-state index in [1.54, 1.807) is 7.05 Å². The molecule has 0 bridgehead atoms. The number of rotatable bonds is 5. The highest BCUT2D eigenvalue weighted by molar-refractivity contribution is 7.89. The number of aryl methyl sites for hydroxylation is 1. The summed E-state index contributed by atoms with van der Waals surface area (Å²) in [5.74, 6) is 0. The lowest BCUT2D eigenvalue weighted by molar-refractivity contribution is 0.541. The van der Waals surface area contributed by atoms with Gasteiger partial charge in [0.1, 0.15) is 0 Å². The Morgan fingerprint density at radius 1 is 1.56 bits per heavy atom. The molecule has 0 radical (unpaired) electrons. The molecule has 1 heterocycles. The number of sulfonamides is 1. The van der Waals surface area contributed by atoms with Gasteiger partial charge < -0.3 is 5.32 Å². The number of hydrogen-bond acceptors (Lipinski definition) is 5. The van der Waals surface area contributed by atoms with Gasteiger partial charge in [0.05, 0.1) is 6.20 Å². The van der Waals surface area contributed by atoms with Crippen LogP contribution in [-0.4, -0.2) is 43.0 Å². The van der Waals surface area contributed by atoms with E-state index in [2.05, 4.69) is 20.4 Å². The molecule has 1 aromatic heterocycles. The highest BCUT2D eigenvalue weighted by Crippen LogP contribution is 2.03. The van der Waals surface area contributed by atoms with E-state index in [9.17, 15) is 8.42 Å².